The second-order valence-electron chi connectivity index (χ2n) is 10.8. The zero-order valence-corrected chi connectivity index (χ0v) is 23.3. The average molecular weight is 548 g/mol. The quantitative estimate of drug-likeness (QED) is 0.220. The van der Waals surface area contributed by atoms with Crippen molar-refractivity contribution in [1.82, 2.24) is 9.55 Å². The van der Waals surface area contributed by atoms with E-state index < -0.39 is 0 Å². The van der Waals surface area contributed by atoms with E-state index in [0.29, 0.717) is 5.56 Å². The fourth-order valence-corrected chi connectivity index (χ4v) is 6.22. The first-order chi connectivity index (χ1) is 21.3. The highest BCUT2D eigenvalue weighted by Gasteiger charge is 2.17. The topological polar surface area (TPSA) is 41.6 Å². The molecule has 3 nitrogen and oxygen atoms in total. The molecule has 0 saturated carbocycles. The molecule has 0 bridgehead atoms. The number of nitrogens with zero attached hydrogens (tertiary/aromatic N) is 3. The summed E-state index contributed by atoms with van der Waals surface area (Å²) < 4.78 is 2.35. The van der Waals surface area contributed by atoms with Crippen molar-refractivity contribution >= 4 is 32.7 Å². The summed E-state index contributed by atoms with van der Waals surface area (Å²) >= 11 is 0. The number of benzene rings is 6. The maximum atomic E-state index is 9.29. The third-order valence-electron chi connectivity index (χ3n) is 8.29. The van der Waals surface area contributed by atoms with Crippen molar-refractivity contribution in [3.05, 3.63) is 157 Å². The van der Waals surface area contributed by atoms with Gasteiger partial charge < -0.3 is 4.57 Å². The zero-order valence-electron chi connectivity index (χ0n) is 23.3. The Morgan fingerprint density at radius 3 is 1.65 bits per heavy atom. The number of nitriles is 1. The van der Waals surface area contributed by atoms with Crippen LogP contribution in [0.1, 0.15) is 5.56 Å². The van der Waals surface area contributed by atoms with Crippen LogP contribution in [-0.4, -0.2) is 9.55 Å². The van der Waals surface area contributed by atoms with Crippen molar-refractivity contribution in [2.45, 2.75) is 0 Å². The van der Waals surface area contributed by atoms with Gasteiger partial charge in [-0.1, -0.05) is 97.1 Å². The molecule has 0 saturated heterocycles. The smallest absolute Gasteiger partial charge is 0.0991 e. The van der Waals surface area contributed by atoms with Crippen LogP contribution < -0.4 is 0 Å². The minimum absolute atomic E-state index is 0.651. The number of aromatic nitrogens is 2. The fraction of sp³-hybridized carbons (Fsp3) is 0. The first-order valence-electron chi connectivity index (χ1n) is 14.4. The summed E-state index contributed by atoms with van der Waals surface area (Å²) in [6.45, 7) is 0. The van der Waals surface area contributed by atoms with Gasteiger partial charge in [0.15, 0.2) is 0 Å². The molecule has 8 aromatic rings. The Kier molecular flexibility index (Phi) is 5.84. The summed E-state index contributed by atoms with van der Waals surface area (Å²) in [5.74, 6) is 0. The normalized spacial score (nSPS) is 11.2. The zero-order chi connectivity index (χ0) is 28.8. The van der Waals surface area contributed by atoms with E-state index in [1.54, 1.807) is 0 Å². The Morgan fingerprint density at radius 2 is 1.07 bits per heavy atom. The lowest BCUT2D eigenvalue weighted by Gasteiger charge is -2.13. The Hall–Kier alpha value is -5.98. The minimum atomic E-state index is 0.651. The van der Waals surface area contributed by atoms with Crippen molar-refractivity contribution in [3.8, 4) is 45.1 Å². The molecule has 200 valence electrons. The lowest BCUT2D eigenvalue weighted by molar-refractivity contribution is 1.18. The molecule has 0 atom stereocenters. The number of pyridine rings is 1. The molecule has 43 heavy (non-hydrogen) atoms. The largest absolute Gasteiger partial charge is 0.307 e. The van der Waals surface area contributed by atoms with Gasteiger partial charge in [-0.15, -0.1) is 0 Å². The van der Waals surface area contributed by atoms with E-state index in [4.69, 9.17) is 4.98 Å². The number of para-hydroxylation sites is 1. The molecule has 6 aromatic carbocycles. The van der Waals surface area contributed by atoms with Gasteiger partial charge in [0.05, 0.1) is 33.9 Å². The van der Waals surface area contributed by atoms with Crippen LogP contribution in [0.5, 0.6) is 0 Å². The van der Waals surface area contributed by atoms with Crippen LogP contribution in [0.25, 0.3) is 71.8 Å². The standard InChI is InChI=1S/C40H25N3/c41-26-27-14-16-30(17-15-27)33-22-23-42-40-34(33)12-7-13-39(40)43-37-20-18-31(28-8-3-1-4-9-28)24-35(37)36-25-32(19-21-38(36)43)29-10-5-2-6-11-29/h1-25H. The van der Waals surface area contributed by atoms with Gasteiger partial charge in [-0.25, -0.2) is 0 Å². The highest BCUT2D eigenvalue weighted by atomic mass is 15.0. The van der Waals surface area contributed by atoms with Crippen molar-refractivity contribution in [3.63, 3.8) is 0 Å². The van der Waals surface area contributed by atoms with E-state index in [1.165, 1.54) is 33.0 Å². The molecule has 2 aromatic heterocycles. The molecule has 0 aliphatic heterocycles. The molecule has 0 unspecified atom stereocenters. The lowest BCUT2D eigenvalue weighted by atomic mass is 9.99. The first kappa shape index (κ1) is 24.8. The highest BCUT2D eigenvalue weighted by Crippen LogP contribution is 2.39. The van der Waals surface area contributed by atoms with E-state index in [2.05, 4.69) is 132 Å². The SMILES string of the molecule is N#Cc1ccc(-c2ccnc3c(-n4c5ccc(-c6ccccc6)cc5c5cc(-c6ccccc6)ccc54)cccc23)cc1. The summed E-state index contributed by atoms with van der Waals surface area (Å²) in [5.41, 5.74) is 11.8. The van der Waals surface area contributed by atoms with E-state index in [1.807, 2.05) is 30.5 Å². The average Bonchev–Trinajstić information content (AvgIpc) is 3.41. The molecular weight excluding hydrogens is 522 g/mol. The first-order valence-corrected chi connectivity index (χ1v) is 14.4. The summed E-state index contributed by atoms with van der Waals surface area (Å²) in [6.07, 6.45) is 1.88. The highest BCUT2D eigenvalue weighted by molar-refractivity contribution is 6.13. The van der Waals surface area contributed by atoms with Crippen molar-refractivity contribution in [2.75, 3.05) is 0 Å². The number of hydrogen-bond donors (Lipinski definition) is 0. The summed E-state index contributed by atoms with van der Waals surface area (Å²) in [7, 11) is 0. The molecule has 0 aliphatic rings. The molecular formula is C40H25N3. The minimum Gasteiger partial charge on any atom is -0.307 e. The van der Waals surface area contributed by atoms with E-state index >= 15 is 0 Å². The van der Waals surface area contributed by atoms with Crippen molar-refractivity contribution in [2.24, 2.45) is 0 Å². The van der Waals surface area contributed by atoms with Gasteiger partial charge in [0, 0.05) is 22.4 Å². The Labute approximate surface area is 249 Å². The molecule has 0 aliphatic carbocycles. The van der Waals surface area contributed by atoms with E-state index in [0.717, 1.165) is 38.8 Å². The molecule has 2 heterocycles. The van der Waals surface area contributed by atoms with Crippen LogP contribution in [-0.2, 0) is 0 Å². The van der Waals surface area contributed by atoms with E-state index in [9.17, 15) is 5.26 Å². The molecule has 0 spiro atoms. The number of fused-ring (bicyclic) bond motifs is 4. The number of rotatable bonds is 4. The molecule has 0 radical (unpaired) electrons. The van der Waals surface area contributed by atoms with Gasteiger partial charge in [0.1, 0.15) is 0 Å². The van der Waals surface area contributed by atoms with Gasteiger partial charge in [-0.2, -0.15) is 5.26 Å². The molecule has 0 fully saturated rings. The molecule has 8 rings (SSSR count). The second-order valence-corrected chi connectivity index (χ2v) is 10.8. The van der Waals surface area contributed by atoms with Crippen molar-refractivity contribution < 1.29 is 0 Å². The third kappa shape index (κ3) is 4.17. The van der Waals surface area contributed by atoms with Gasteiger partial charge in [-0.3, -0.25) is 4.98 Å². The Balaban J connectivity index is 1.41. The van der Waals surface area contributed by atoms with Crippen LogP contribution in [0.3, 0.4) is 0 Å². The summed E-state index contributed by atoms with van der Waals surface area (Å²) in [5, 5.41) is 12.8. The third-order valence-corrected chi connectivity index (χ3v) is 8.29. The number of hydrogen-bond acceptors (Lipinski definition) is 2. The Bertz CT molecular complexity index is 2230. The van der Waals surface area contributed by atoms with Crippen LogP contribution >= 0.6 is 0 Å². The lowest BCUT2D eigenvalue weighted by Crippen LogP contribution is -1.97. The summed E-state index contributed by atoms with van der Waals surface area (Å²) in [6, 6.07) is 53.1. The maximum absolute atomic E-state index is 9.29. The van der Waals surface area contributed by atoms with E-state index in [-0.39, 0.29) is 0 Å². The Morgan fingerprint density at radius 1 is 0.488 bits per heavy atom. The predicted molar refractivity (Wildman–Crippen MR) is 177 cm³/mol. The fourth-order valence-electron chi connectivity index (χ4n) is 6.22. The second kappa shape index (κ2) is 10.1. The van der Waals surface area contributed by atoms with Crippen LogP contribution in [0.2, 0.25) is 0 Å². The van der Waals surface area contributed by atoms with Crippen LogP contribution in [0.15, 0.2) is 152 Å². The predicted octanol–water partition coefficient (Wildman–Crippen LogP) is 10.2. The maximum Gasteiger partial charge on any atom is 0.0991 e. The monoisotopic (exact) mass is 547 g/mol. The van der Waals surface area contributed by atoms with Gasteiger partial charge in [-0.05, 0) is 81.9 Å². The summed E-state index contributed by atoms with van der Waals surface area (Å²) in [4.78, 5) is 4.93. The van der Waals surface area contributed by atoms with Gasteiger partial charge >= 0.3 is 0 Å². The molecule has 0 N–H and O–H groups in total. The molecule has 0 amide bonds. The molecule has 3 heteroatoms. The van der Waals surface area contributed by atoms with Crippen LogP contribution in [0.4, 0.5) is 0 Å². The van der Waals surface area contributed by atoms with Gasteiger partial charge in [0.2, 0.25) is 0 Å². The van der Waals surface area contributed by atoms with Gasteiger partial charge in [0.25, 0.3) is 0 Å². The van der Waals surface area contributed by atoms with Crippen molar-refractivity contribution in [1.29, 1.82) is 5.26 Å². The van der Waals surface area contributed by atoms with Crippen LogP contribution in [0, 0.1) is 11.3 Å².